The molecule has 0 aromatic heterocycles. The fourth-order valence-electron chi connectivity index (χ4n) is 8.34. The fraction of sp³-hybridized carbons (Fsp3) is 0.840. The van der Waals surface area contributed by atoms with Crippen LogP contribution in [0.15, 0.2) is 11.6 Å². The Bertz CT molecular complexity index is 694. The van der Waals surface area contributed by atoms with Crippen LogP contribution in [0, 0.1) is 40.4 Å². The highest BCUT2D eigenvalue weighted by molar-refractivity contribution is 5.80. The highest BCUT2D eigenvalue weighted by Gasteiger charge is 2.61. The Morgan fingerprint density at radius 3 is 2.54 bits per heavy atom. The van der Waals surface area contributed by atoms with Crippen molar-refractivity contribution in [1.82, 2.24) is 0 Å². The van der Waals surface area contributed by atoms with Crippen molar-refractivity contribution in [3.05, 3.63) is 11.6 Å². The first kappa shape index (κ1) is 20.2. The van der Waals surface area contributed by atoms with E-state index >= 15 is 0 Å². The molecule has 0 amide bonds. The van der Waals surface area contributed by atoms with Gasteiger partial charge in [-0.2, -0.15) is 0 Å². The highest BCUT2D eigenvalue weighted by Crippen LogP contribution is 2.67. The summed E-state index contributed by atoms with van der Waals surface area (Å²) in [5, 5.41) is 0. The molecule has 0 spiro atoms. The summed E-state index contributed by atoms with van der Waals surface area (Å²) in [7, 11) is 0. The van der Waals surface area contributed by atoms with Gasteiger partial charge >= 0.3 is 5.97 Å². The minimum absolute atomic E-state index is 0.0697. The molecule has 3 fully saturated rings. The molecule has 4 aliphatic rings. The molecule has 3 saturated carbocycles. The largest absolute Gasteiger partial charge is 0.462 e. The van der Waals surface area contributed by atoms with E-state index in [4.69, 9.17) is 4.74 Å². The summed E-state index contributed by atoms with van der Waals surface area (Å²) < 4.78 is 5.56. The van der Waals surface area contributed by atoms with Crippen LogP contribution in [-0.2, 0) is 14.3 Å². The van der Waals surface area contributed by atoms with Crippen LogP contribution in [0.5, 0.6) is 0 Å². The smallest absolute Gasteiger partial charge is 0.302 e. The second kappa shape index (κ2) is 6.99. The number of Topliss-reactive ketones (excluding diaryl/α,β-unsaturated/α-hetero) is 1. The van der Waals surface area contributed by atoms with Crippen LogP contribution in [0.3, 0.4) is 0 Å². The van der Waals surface area contributed by atoms with Crippen molar-refractivity contribution >= 4 is 11.8 Å². The third kappa shape index (κ3) is 2.91. The number of allylic oxidation sites excluding steroid dienone is 1. The molecular weight excluding hydrogens is 348 g/mol. The van der Waals surface area contributed by atoms with Crippen molar-refractivity contribution in [2.24, 2.45) is 40.4 Å². The van der Waals surface area contributed by atoms with Gasteiger partial charge in [0.15, 0.2) is 0 Å². The molecule has 4 rings (SSSR count). The van der Waals surface area contributed by atoms with Gasteiger partial charge < -0.3 is 4.74 Å². The number of hydrogen-bond acceptors (Lipinski definition) is 3. The molecule has 0 unspecified atom stereocenters. The third-order valence-electron chi connectivity index (χ3n) is 9.53. The summed E-state index contributed by atoms with van der Waals surface area (Å²) in [4.78, 5) is 24.0. The van der Waals surface area contributed by atoms with Gasteiger partial charge in [0.1, 0.15) is 11.9 Å². The topological polar surface area (TPSA) is 43.4 Å². The maximum atomic E-state index is 12.6. The molecule has 28 heavy (non-hydrogen) atoms. The molecule has 0 aromatic rings. The van der Waals surface area contributed by atoms with Gasteiger partial charge in [0.25, 0.3) is 0 Å². The monoisotopic (exact) mass is 386 g/mol. The summed E-state index contributed by atoms with van der Waals surface area (Å²) in [6, 6.07) is 0. The van der Waals surface area contributed by atoms with Crippen LogP contribution in [0.25, 0.3) is 0 Å². The highest BCUT2D eigenvalue weighted by atomic mass is 16.5. The zero-order valence-corrected chi connectivity index (χ0v) is 18.4. The number of carbonyl (C=O) groups excluding carboxylic acids is 2. The SMILES string of the molecule is CC[C@@H]1C[C@@H]2[C@@H]3CC=C4C[C@H](OC(C)=O)CC[C@]4(C)[C@H]3CC[C@]2(C)[C@H]1C(C)=O. The third-order valence-corrected chi connectivity index (χ3v) is 9.53. The van der Waals surface area contributed by atoms with E-state index in [9.17, 15) is 9.59 Å². The van der Waals surface area contributed by atoms with Crippen LogP contribution in [-0.4, -0.2) is 17.9 Å². The Labute approximate surface area is 170 Å². The van der Waals surface area contributed by atoms with Crippen molar-refractivity contribution < 1.29 is 14.3 Å². The maximum Gasteiger partial charge on any atom is 0.302 e. The van der Waals surface area contributed by atoms with Crippen molar-refractivity contribution in [3.63, 3.8) is 0 Å². The Hall–Kier alpha value is -1.12. The Morgan fingerprint density at radius 1 is 1.14 bits per heavy atom. The lowest BCUT2D eigenvalue weighted by Gasteiger charge is -2.58. The van der Waals surface area contributed by atoms with Crippen LogP contribution in [0.2, 0.25) is 0 Å². The van der Waals surface area contributed by atoms with Crippen LogP contribution >= 0.6 is 0 Å². The van der Waals surface area contributed by atoms with Gasteiger partial charge in [-0.3, -0.25) is 9.59 Å². The van der Waals surface area contributed by atoms with E-state index in [1.165, 1.54) is 26.2 Å². The normalized spacial score (nSPS) is 47.4. The zero-order valence-electron chi connectivity index (χ0n) is 18.4. The lowest BCUT2D eigenvalue weighted by atomic mass is 9.47. The molecule has 0 aromatic carbocycles. The quantitative estimate of drug-likeness (QED) is 0.460. The second-order valence-corrected chi connectivity index (χ2v) is 10.8. The molecular formula is C25H38O3. The number of rotatable bonds is 3. The van der Waals surface area contributed by atoms with Gasteiger partial charge in [0.05, 0.1) is 0 Å². The maximum absolute atomic E-state index is 12.6. The average Bonchev–Trinajstić information content (AvgIpc) is 2.94. The number of ketones is 1. The molecule has 4 aliphatic carbocycles. The summed E-state index contributed by atoms with van der Waals surface area (Å²) in [5.41, 5.74) is 2.00. The first-order valence-electron chi connectivity index (χ1n) is 11.6. The molecule has 0 bridgehead atoms. The minimum atomic E-state index is -0.150. The van der Waals surface area contributed by atoms with Gasteiger partial charge in [-0.05, 0) is 80.0 Å². The van der Waals surface area contributed by atoms with Gasteiger partial charge in [-0.25, -0.2) is 0 Å². The van der Waals surface area contributed by atoms with Crippen molar-refractivity contribution in [2.45, 2.75) is 92.1 Å². The van der Waals surface area contributed by atoms with Crippen LogP contribution < -0.4 is 0 Å². The molecule has 0 N–H and O–H groups in total. The van der Waals surface area contributed by atoms with E-state index in [-0.39, 0.29) is 28.8 Å². The Morgan fingerprint density at radius 2 is 1.89 bits per heavy atom. The van der Waals surface area contributed by atoms with Gasteiger partial charge in [0.2, 0.25) is 0 Å². The van der Waals surface area contributed by atoms with E-state index in [1.54, 1.807) is 5.57 Å². The molecule has 0 aliphatic heterocycles. The first-order valence-corrected chi connectivity index (χ1v) is 11.6. The van der Waals surface area contributed by atoms with Crippen molar-refractivity contribution in [1.29, 1.82) is 0 Å². The Balaban J connectivity index is 1.61. The predicted molar refractivity (Wildman–Crippen MR) is 111 cm³/mol. The van der Waals surface area contributed by atoms with Gasteiger partial charge in [-0.1, -0.05) is 38.8 Å². The lowest BCUT2D eigenvalue weighted by molar-refractivity contribution is -0.149. The first-order chi connectivity index (χ1) is 13.2. The van der Waals surface area contributed by atoms with Gasteiger partial charge in [-0.15, -0.1) is 0 Å². The standard InChI is InChI=1S/C25H38O3/c1-6-17-13-22-20-8-7-18-14-19(28-16(3)27)9-11-24(18,4)21(20)10-12-25(22,5)23(17)15(2)26/h7,17,19-23H,6,8-14H2,1-5H3/t17-,19-,20-,21+,22-,23+,24+,25+/m1/s1. The van der Waals surface area contributed by atoms with E-state index in [2.05, 4.69) is 26.8 Å². The zero-order chi connectivity index (χ0) is 20.3. The van der Waals surface area contributed by atoms with Gasteiger partial charge in [0, 0.05) is 19.3 Å². The summed E-state index contributed by atoms with van der Waals surface area (Å²) in [5.74, 6) is 3.25. The number of ether oxygens (including phenoxy) is 1. The van der Waals surface area contributed by atoms with E-state index < -0.39 is 0 Å². The lowest BCUT2D eigenvalue weighted by Crippen LogP contribution is -2.51. The van der Waals surface area contributed by atoms with E-state index in [1.807, 2.05) is 6.92 Å². The van der Waals surface area contributed by atoms with E-state index in [0.29, 0.717) is 17.6 Å². The summed E-state index contributed by atoms with van der Waals surface area (Å²) in [6.45, 7) is 10.6. The molecule has 0 heterocycles. The molecule has 3 nitrogen and oxygen atoms in total. The average molecular weight is 387 g/mol. The Kier molecular flexibility index (Phi) is 5.03. The molecule has 156 valence electrons. The molecule has 0 saturated heterocycles. The van der Waals surface area contributed by atoms with Crippen LogP contribution in [0.1, 0.15) is 86.0 Å². The number of carbonyl (C=O) groups is 2. The predicted octanol–water partition coefficient (Wildman–Crippen LogP) is 5.72. The van der Waals surface area contributed by atoms with Crippen LogP contribution in [0.4, 0.5) is 0 Å². The summed E-state index contributed by atoms with van der Waals surface area (Å²) in [6.07, 6.45) is 11.6. The molecule has 0 radical (unpaired) electrons. The summed E-state index contributed by atoms with van der Waals surface area (Å²) >= 11 is 0. The number of hydrogen-bond donors (Lipinski definition) is 0. The van der Waals surface area contributed by atoms with E-state index in [0.717, 1.165) is 43.9 Å². The number of esters is 1. The fourth-order valence-corrected chi connectivity index (χ4v) is 8.34. The second-order valence-electron chi connectivity index (χ2n) is 10.8. The molecule has 8 atom stereocenters. The number of fused-ring (bicyclic) bond motifs is 5. The van der Waals surface area contributed by atoms with Crippen molar-refractivity contribution in [2.75, 3.05) is 0 Å². The van der Waals surface area contributed by atoms with Crippen molar-refractivity contribution in [3.8, 4) is 0 Å². The minimum Gasteiger partial charge on any atom is -0.462 e. The molecule has 3 heteroatoms.